The molecule has 0 atom stereocenters. The smallest absolute Gasteiger partial charge is 0.143 e. The van der Waals surface area contributed by atoms with E-state index in [1.807, 2.05) is 19.1 Å². The molecule has 0 fully saturated rings. The number of halogens is 2. The fourth-order valence-electron chi connectivity index (χ4n) is 2.90. The van der Waals surface area contributed by atoms with Crippen LogP contribution < -0.4 is 5.32 Å². The van der Waals surface area contributed by atoms with E-state index in [1.54, 1.807) is 17.4 Å². The van der Waals surface area contributed by atoms with Crippen LogP contribution in [0.5, 0.6) is 0 Å². The molecule has 6 heteroatoms. The van der Waals surface area contributed by atoms with E-state index in [1.165, 1.54) is 16.9 Å². The lowest BCUT2D eigenvalue weighted by atomic mass is 10.2. The van der Waals surface area contributed by atoms with Crippen LogP contribution in [0.3, 0.4) is 0 Å². The van der Waals surface area contributed by atoms with Gasteiger partial charge in [-0.15, -0.1) is 11.3 Å². The minimum Gasteiger partial charge on any atom is -0.340 e. The third kappa shape index (κ3) is 2.35. The lowest BCUT2D eigenvalue weighted by Gasteiger charge is -2.09. The van der Waals surface area contributed by atoms with Gasteiger partial charge in [-0.05, 0) is 49.9 Å². The first-order valence-corrected chi connectivity index (χ1v) is 8.70. The predicted molar refractivity (Wildman–Crippen MR) is 93.9 cm³/mol. The van der Waals surface area contributed by atoms with Gasteiger partial charge in [0.25, 0.3) is 0 Å². The van der Waals surface area contributed by atoms with Crippen molar-refractivity contribution in [3.8, 4) is 0 Å². The molecule has 2 heterocycles. The zero-order valence-electron chi connectivity index (χ0n) is 11.9. The second-order valence-corrected chi connectivity index (χ2v) is 7.31. The average molecular weight is 350 g/mol. The van der Waals surface area contributed by atoms with Gasteiger partial charge in [-0.2, -0.15) is 0 Å². The number of hydrogen-bond donors (Lipinski definition) is 1. The van der Waals surface area contributed by atoms with Crippen molar-refractivity contribution >= 4 is 56.3 Å². The predicted octanol–water partition coefficient (Wildman–Crippen LogP) is 5.54. The van der Waals surface area contributed by atoms with Crippen molar-refractivity contribution in [1.82, 2.24) is 9.97 Å². The highest BCUT2D eigenvalue weighted by Gasteiger charge is 2.22. The van der Waals surface area contributed by atoms with Crippen LogP contribution in [0.2, 0.25) is 10.0 Å². The fraction of sp³-hybridized carbons (Fsp3) is 0.250. The third-order valence-corrected chi connectivity index (χ3v) is 5.78. The van der Waals surface area contributed by atoms with Crippen LogP contribution in [0.15, 0.2) is 18.2 Å². The van der Waals surface area contributed by atoms with Gasteiger partial charge in [0.05, 0.1) is 15.4 Å². The van der Waals surface area contributed by atoms with Gasteiger partial charge < -0.3 is 5.32 Å². The molecule has 1 aromatic carbocycles. The van der Waals surface area contributed by atoms with Gasteiger partial charge >= 0.3 is 0 Å². The quantitative estimate of drug-likeness (QED) is 0.659. The average Bonchev–Trinajstić information content (AvgIpc) is 3.02. The van der Waals surface area contributed by atoms with E-state index in [4.69, 9.17) is 23.2 Å². The molecule has 0 bridgehead atoms. The Hall–Kier alpha value is -1.36. The van der Waals surface area contributed by atoms with Crippen LogP contribution in [0.4, 0.5) is 11.5 Å². The van der Waals surface area contributed by atoms with Crippen molar-refractivity contribution in [3.05, 3.63) is 44.5 Å². The second kappa shape index (κ2) is 5.37. The Labute approximate surface area is 142 Å². The highest BCUT2D eigenvalue weighted by atomic mass is 35.5. The number of anilines is 2. The summed E-state index contributed by atoms with van der Waals surface area (Å²) in [5.41, 5.74) is 2.29. The number of aromatic nitrogens is 2. The number of hydrogen-bond acceptors (Lipinski definition) is 4. The molecule has 0 unspecified atom stereocenters. The van der Waals surface area contributed by atoms with Crippen molar-refractivity contribution in [2.75, 3.05) is 5.32 Å². The maximum absolute atomic E-state index is 6.10. The van der Waals surface area contributed by atoms with Crippen molar-refractivity contribution in [1.29, 1.82) is 0 Å². The summed E-state index contributed by atoms with van der Waals surface area (Å²) in [5.74, 6) is 1.63. The van der Waals surface area contributed by atoms with Crippen LogP contribution in [-0.2, 0) is 12.8 Å². The molecule has 3 nitrogen and oxygen atoms in total. The summed E-state index contributed by atoms with van der Waals surface area (Å²) in [4.78, 5) is 11.7. The number of nitrogens with zero attached hydrogens (tertiary/aromatic N) is 2. The number of aryl methyl sites for hydroxylation is 3. The largest absolute Gasteiger partial charge is 0.340 e. The maximum Gasteiger partial charge on any atom is 0.143 e. The van der Waals surface area contributed by atoms with E-state index in [9.17, 15) is 0 Å². The van der Waals surface area contributed by atoms with Crippen LogP contribution >= 0.6 is 34.5 Å². The van der Waals surface area contributed by atoms with Crippen molar-refractivity contribution < 1.29 is 0 Å². The molecule has 2 aromatic heterocycles. The van der Waals surface area contributed by atoms with Crippen molar-refractivity contribution in [2.24, 2.45) is 0 Å². The fourth-order valence-corrected chi connectivity index (χ4v) is 4.51. The Morgan fingerprint density at radius 2 is 2.00 bits per heavy atom. The molecular weight excluding hydrogens is 337 g/mol. The van der Waals surface area contributed by atoms with Crippen LogP contribution in [0.1, 0.15) is 22.7 Å². The summed E-state index contributed by atoms with van der Waals surface area (Å²) in [6.45, 7) is 1.92. The second-order valence-electron chi connectivity index (χ2n) is 5.41. The minimum absolute atomic E-state index is 0.532. The van der Waals surface area contributed by atoms with Gasteiger partial charge in [0.2, 0.25) is 0 Å². The molecular formula is C16H13Cl2N3S. The summed E-state index contributed by atoms with van der Waals surface area (Å²) in [6, 6.07) is 5.51. The molecule has 1 N–H and O–H groups in total. The molecule has 0 spiro atoms. The van der Waals surface area contributed by atoms with E-state index in [2.05, 4.69) is 15.3 Å². The lowest BCUT2D eigenvalue weighted by molar-refractivity contribution is 0.917. The Balaban J connectivity index is 1.85. The molecule has 0 aliphatic heterocycles. The van der Waals surface area contributed by atoms with Crippen LogP contribution in [0.25, 0.3) is 10.2 Å². The molecule has 0 saturated carbocycles. The lowest BCUT2D eigenvalue weighted by Crippen LogP contribution is -1.99. The van der Waals surface area contributed by atoms with E-state index >= 15 is 0 Å². The van der Waals surface area contributed by atoms with E-state index in [0.717, 1.165) is 40.4 Å². The number of thiophene rings is 1. The topological polar surface area (TPSA) is 37.8 Å². The summed E-state index contributed by atoms with van der Waals surface area (Å²) in [7, 11) is 0. The SMILES string of the molecule is Cc1nc(Nc2ccc(Cl)c(Cl)c2)c2c3c(sc2n1)CCC3. The summed E-state index contributed by atoms with van der Waals surface area (Å²) < 4.78 is 0. The number of fused-ring (bicyclic) bond motifs is 3. The summed E-state index contributed by atoms with van der Waals surface area (Å²) >= 11 is 13.9. The first-order valence-electron chi connectivity index (χ1n) is 7.13. The minimum atomic E-state index is 0.532. The van der Waals surface area contributed by atoms with Gasteiger partial charge in [0, 0.05) is 10.6 Å². The molecule has 0 amide bonds. The molecule has 0 radical (unpaired) electrons. The Morgan fingerprint density at radius 3 is 2.82 bits per heavy atom. The first-order chi connectivity index (χ1) is 10.6. The standard InChI is InChI=1S/C16H13Cl2N3S/c1-8-19-15(21-9-5-6-11(17)12(18)7-9)14-10-3-2-4-13(10)22-16(14)20-8/h5-7H,2-4H2,1H3,(H,19,20,21). The van der Waals surface area contributed by atoms with Gasteiger partial charge in [-0.3, -0.25) is 0 Å². The van der Waals surface area contributed by atoms with Crippen molar-refractivity contribution in [3.63, 3.8) is 0 Å². The molecule has 1 aliphatic carbocycles. The highest BCUT2D eigenvalue weighted by molar-refractivity contribution is 7.19. The molecule has 3 aromatic rings. The van der Waals surface area contributed by atoms with Crippen LogP contribution in [-0.4, -0.2) is 9.97 Å². The zero-order chi connectivity index (χ0) is 15.3. The van der Waals surface area contributed by atoms with Gasteiger partial charge in [-0.1, -0.05) is 23.2 Å². The number of rotatable bonds is 2. The normalized spacial score (nSPS) is 13.6. The summed E-state index contributed by atoms with van der Waals surface area (Å²) in [6.07, 6.45) is 3.48. The monoisotopic (exact) mass is 349 g/mol. The van der Waals surface area contributed by atoms with Gasteiger partial charge in [-0.25, -0.2) is 9.97 Å². The molecule has 22 heavy (non-hydrogen) atoms. The number of benzene rings is 1. The van der Waals surface area contributed by atoms with E-state index in [-0.39, 0.29) is 0 Å². The Kier molecular flexibility index (Phi) is 3.48. The highest BCUT2D eigenvalue weighted by Crippen LogP contribution is 2.40. The zero-order valence-corrected chi connectivity index (χ0v) is 14.2. The van der Waals surface area contributed by atoms with Gasteiger partial charge in [0.1, 0.15) is 16.5 Å². The molecule has 0 saturated heterocycles. The molecule has 112 valence electrons. The van der Waals surface area contributed by atoms with E-state index < -0.39 is 0 Å². The summed E-state index contributed by atoms with van der Waals surface area (Å²) in [5, 5.41) is 5.63. The van der Waals surface area contributed by atoms with Gasteiger partial charge in [0.15, 0.2) is 0 Å². The number of nitrogens with one attached hydrogen (secondary N) is 1. The van der Waals surface area contributed by atoms with Crippen LogP contribution in [0, 0.1) is 6.92 Å². The Morgan fingerprint density at radius 1 is 1.14 bits per heavy atom. The van der Waals surface area contributed by atoms with Crippen molar-refractivity contribution in [2.45, 2.75) is 26.2 Å². The molecule has 4 rings (SSSR count). The first kappa shape index (κ1) is 14.2. The Bertz CT molecular complexity index is 889. The van der Waals surface area contributed by atoms with E-state index in [0.29, 0.717) is 10.0 Å². The third-order valence-electron chi connectivity index (χ3n) is 3.86. The molecule has 1 aliphatic rings. The maximum atomic E-state index is 6.10.